The second-order valence-electron chi connectivity index (χ2n) is 6.70. The Labute approximate surface area is 178 Å². The lowest BCUT2D eigenvalue weighted by atomic mass is 10.0. The van der Waals surface area contributed by atoms with Crippen LogP contribution in [-0.4, -0.2) is 22.1 Å². The number of para-hydroxylation sites is 1. The van der Waals surface area contributed by atoms with Crippen LogP contribution in [0.5, 0.6) is 5.75 Å². The standard InChI is InChI=1S/C24H19N3O2S/c1-16-13-17(15-25-27-24-26-20-9-5-6-10-22(20)30-24)14-19(23(16)29)11-12-21(28)18-7-3-2-4-8-18/h2-15,29H,1H3,(H,26,27)/b12-11+,25-15+. The second-order valence-corrected chi connectivity index (χ2v) is 7.73. The Morgan fingerprint density at radius 1 is 1.10 bits per heavy atom. The predicted molar refractivity (Wildman–Crippen MR) is 123 cm³/mol. The number of nitrogens with one attached hydrogen (secondary N) is 1. The summed E-state index contributed by atoms with van der Waals surface area (Å²) in [5.74, 6) is 0.0209. The average molecular weight is 414 g/mol. The fourth-order valence-electron chi connectivity index (χ4n) is 2.98. The maximum Gasteiger partial charge on any atom is 0.204 e. The van der Waals surface area contributed by atoms with Gasteiger partial charge in [-0.15, -0.1) is 0 Å². The van der Waals surface area contributed by atoms with Crippen LogP contribution in [0.2, 0.25) is 0 Å². The van der Waals surface area contributed by atoms with Crippen LogP contribution in [-0.2, 0) is 0 Å². The van der Waals surface area contributed by atoms with Crippen molar-refractivity contribution in [1.29, 1.82) is 0 Å². The SMILES string of the molecule is Cc1cc(/C=N/Nc2nc3ccccc3s2)cc(/C=C/C(=O)c2ccccc2)c1O. The van der Waals surface area contributed by atoms with Gasteiger partial charge in [0.2, 0.25) is 5.13 Å². The third kappa shape index (κ3) is 4.45. The molecule has 1 aromatic heterocycles. The Kier molecular flexibility index (Phi) is 5.68. The number of carbonyl (C=O) groups is 1. The number of hydrogen-bond acceptors (Lipinski definition) is 6. The number of anilines is 1. The molecule has 1 heterocycles. The zero-order valence-electron chi connectivity index (χ0n) is 16.2. The van der Waals surface area contributed by atoms with Crippen molar-refractivity contribution in [2.24, 2.45) is 5.10 Å². The van der Waals surface area contributed by atoms with E-state index in [-0.39, 0.29) is 11.5 Å². The summed E-state index contributed by atoms with van der Waals surface area (Å²) in [4.78, 5) is 16.8. The van der Waals surface area contributed by atoms with Gasteiger partial charge in [-0.25, -0.2) is 4.98 Å². The van der Waals surface area contributed by atoms with Crippen molar-refractivity contribution in [2.75, 3.05) is 5.43 Å². The number of nitrogens with zero attached hydrogens (tertiary/aromatic N) is 2. The van der Waals surface area contributed by atoms with Crippen LogP contribution in [0.15, 0.2) is 77.9 Å². The van der Waals surface area contributed by atoms with Crippen molar-refractivity contribution in [2.45, 2.75) is 6.92 Å². The molecule has 0 aliphatic rings. The molecule has 6 heteroatoms. The first kappa shape index (κ1) is 19.5. The minimum Gasteiger partial charge on any atom is -0.507 e. The van der Waals surface area contributed by atoms with Crippen molar-refractivity contribution in [3.8, 4) is 5.75 Å². The average Bonchev–Trinajstić information content (AvgIpc) is 3.18. The maximum atomic E-state index is 12.3. The van der Waals surface area contributed by atoms with Crippen LogP contribution in [0, 0.1) is 6.92 Å². The number of hydrazone groups is 1. The molecule has 4 rings (SSSR count). The zero-order chi connectivity index (χ0) is 20.9. The summed E-state index contributed by atoms with van der Waals surface area (Å²) in [6.45, 7) is 1.81. The monoisotopic (exact) mass is 413 g/mol. The van der Waals surface area contributed by atoms with E-state index in [1.165, 1.54) is 17.4 Å². The van der Waals surface area contributed by atoms with Crippen LogP contribution < -0.4 is 5.43 Å². The normalized spacial score (nSPS) is 11.5. The second kappa shape index (κ2) is 8.71. The Hall–Kier alpha value is -3.77. The maximum absolute atomic E-state index is 12.3. The molecule has 0 saturated heterocycles. The van der Waals surface area contributed by atoms with Crippen LogP contribution in [0.4, 0.5) is 5.13 Å². The molecular formula is C24H19N3O2S. The molecule has 0 fully saturated rings. The zero-order valence-corrected chi connectivity index (χ0v) is 17.1. The topological polar surface area (TPSA) is 74.6 Å². The van der Waals surface area contributed by atoms with Gasteiger partial charge in [0, 0.05) is 11.1 Å². The van der Waals surface area contributed by atoms with Crippen molar-refractivity contribution in [1.82, 2.24) is 4.98 Å². The van der Waals surface area contributed by atoms with E-state index in [2.05, 4.69) is 15.5 Å². The third-order valence-corrected chi connectivity index (χ3v) is 5.43. The number of thiazole rings is 1. The van der Waals surface area contributed by atoms with E-state index < -0.39 is 0 Å². The molecule has 3 aromatic carbocycles. The predicted octanol–water partition coefficient (Wildman–Crippen LogP) is 5.65. The number of carbonyl (C=O) groups excluding carboxylic acids is 1. The fraction of sp³-hybridized carbons (Fsp3) is 0.0417. The number of aryl methyl sites for hydroxylation is 1. The number of phenolic OH excluding ortho intramolecular Hbond substituents is 1. The number of hydrogen-bond donors (Lipinski definition) is 2. The van der Waals surface area contributed by atoms with Gasteiger partial charge in [0.05, 0.1) is 16.4 Å². The van der Waals surface area contributed by atoms with E-state index in [0.717, 1.165) is 15.8 Å². The van der Waals surface area contributed by atoms with E-state index in [1.54, 1.807) is 30.5 Å². The van der Waals surface area contributed by atoms with Crippen LogP contribution in [0.25, 0.3) is 16.3 Å². The molecule has 30 heavy (non-hydrogen) atoms. The molecule has 0 aliphatic heterocycles. The molecule has 0 atom stereocenters. The van der Waals surface area contributed by atoms with E-state index in [0.29, 0.717) is 21.8 Å². The van der Waals surface area contributed by atoms with Gasteiger partial charge in [0.25, 0.3) is 0 Å². The molecule has 0 amide bonds. The highest BCUT2D eigenvalue weighted by atomic mass is 32.1. The molecule has 0 radical (unpaired) electrons. The van der Waals surface area contributed by atoms with Crippen LogP contribution in [0.3, 0.4) is 0 Å². The van der Waals surface area contributed by atoms with E-state index >= 15 is 0 Å². The highest BCUT2D eigenvalue weighted by Crippen LogP contribution is 2.26. The quantitative estimate of drug-likeness (QED) is 0.185. The van der Waals surface area contributed by atoms with Crippen molar-refractivity contribution in [3.05, 3.63) is 95.1 Å². The Balaban J connectivity index is 1.51. The van der Waals surface area contributed by atoms with Gasteiger partial charge < -0.3 is 5.11 Å². The summed E-state index contributed by atoms with van der Waals surface area (Å²) in [6, 6.07) is 20.5. The summed E-state index contributed by atoms with van der Waals surface area (Å²) < 4.78 is 1.09. The Morgan fingerprint density at radius 3 is 2.67 bits per heavy atom. The smallest absolute Gasteiger partial charge is 0.204 e. The van der Waals surface area contributed by atoms with Gasteiger partial charge in [-0.3, -0.25) is 10.2 Å². The summed E-state index contributed by atoms with van der Waals surface area (Å²) >= 11 is 1.53. The largest absolute Gasteiger partial charge is 0.507 e. The number of fused-ring (bicyclic) bond motifs is 1. The lowest BCUT2D eigenvalue weighted by Gasteiger charge is -2.05. The molecule has 5 nitrogen and oxygen atoms in total. The van der Waals surface area contributed by atoms with Crippen LogP contribution in [0.1, 0.15) is 27.0 Å². The Bertz CT molecular complexity index is 1230. The Morgan fingerprint density at radius 2 is 1.87 bits per heavy atom. The summed E-state index contributed by atoms with van der Waals surface area (Å²) in [5, 5.41) is 15.3. The molecule has 0 saturated carbocycles. The van der Waals surface area contributed by atoms with Crippen molar-refractivity contribution in [3.63, 3.8) is 0 Å². The van der Waals surface area contributed by atoms with Gasteiger partial charge in [-0.05, 0) is 54.5 Å². The first-order valence-corrected chi connectivity index (χ1v) is 10.2. The third-order valence-electron chi connectivity index (χ3n) is 4.49. The molecule has 0 unspecified atom stereocenters. The molecular weight excluding hydrogens is 394 g/mol. The molecule has 2 N–H and O–H groups in total. The number of ketones is 1. The molecule has 0 spiro atoms. The lowest BCUT2D eigenvalue weighted by molar-refractivity contribution is 0.104. The number of aromatic hydroxyl groups is 1. The number of allylic oxidation sites excluding steroid dienone is 1. The summed E-state index contributed by atoms with van der Waals surface area (Å²) in [7, 11) is 0. The van der Waals surface area contributed by atoms with Crippen molar-refractivity contribution >= 4 is 44.8 Å². The molecule has 4 aromatic rings. The highest BCUT2D eigenvalue weighted by molar-refractivity contribution is 7.22. The molecule has 0 bridgehead atoms. The van der Waals surface area contributed by atoms with Gasteiger partial charge in [-0.1, -0.05) is 53.8 Å². The van der Waals surface area contributed by atoms with Gasteiger partial charge in [-0.2, -0.15) is 5.10 Å². The molecule has 148 valence electrons. The van der Waals surface area contributed by atoms with E-state index in [1.807, 2.05) is 55.5 Å². The van der Waals surface area contributed by atoms with E-state index in [4.69, 9.17) is 0 Å². The van der Waals surface area contributed by atoms with Gasteiger partial charge in [0.15, 0.2) is 5.78 Å². The number of phenols is 1. The van der Waals surface area contributed by atoms with E-state index in [9.17, 15) is 9.90 Å². The van der Waals surface area contributed by atoms with Gasteiger partial charge in [0.1, 0.15) is 5.75 Å². The van der Waals surface area contributed by atoms with Gasteiger partial charge >= 0.3 is 0 Å². The van der Waals surface area contributed by atoms with Crippen LogP contribution >= 0.6 is 11.3 Å². The lowest BCUT2D eigenvalue weighted by Crippen LogP contribution is -1.94. The number of benzene rings is 3. The minimum atomic E-state index is -0.121. The highest BCUT2D eigenvalue weighted by Gasteiger charge is 2.06. The number of aromatic nitrogens is 1. The summed E-state index contributed by atoms with van der Waals surface area (Å²) in [5.41, 5.74) is 6.53. The first-order valence-electron chi connectivity index (χ1n) is 9.36. The first-order chi connectivity index (χ1) is 14.6. The molecule has 0 aliphatic carbocycles. The summed E-state index contributed by atoms with van der Waals surface area (Å²) in [6.07, 6.45) is 4.75. The number of rotatable bonds is 6. The van der Waals surface area contributed by atoms with Crippen molar-refractivity contribution < 1.29 is 9.90 Å². The minimum absolute atomic E-state index is 0.121. The fourth-order valence-corrected chi connectivity index (χ4v) is 3.80.